The number of hydrogen-bond acceptors (Lipinski definition) is 9. The predicted octanol–water partition coefficient (Wildman–Crippen LogP) is 3.58. The maximum absolute atomic E-state index is 13.1. The Morgan fingerprint density at radius 3 is 2.68 bits per heavy atom. The Morgan fingerprint density at radius 1 is 1.00 bits per heavy atom. The number of nitrogens with one attached hydrogen (secondary N) is 2. The van der Waals surface area contributed by atoms with Crippen LogP contribution >= 0.6 is 0 Å². The van der Waals surface area contributed by atoms with Gasteiger partial charge in [-0.15, -0.1) is 5.10 Å². The molecule has 2 aliphatic heterocycles. The molecule has 0 radical (unpaired) electrons. The lowest BCUT2D eigenvalue weighted by Crippen LogP contribution is -2.41. The van der Waals surface area contributed by atoms with Crippen LogP contribution in [0.25, 0.3) is 11.5 Å². The number of aromatic nitrogens is 3. The first-order valence-electron chi connectivity index (χ1n) is 12.1. The van der Waals surface area contributed by atoms with Crippen molar-refractivity contribution in [1.29, 1.82) is 0 Å². The van der Waals surface area contributed by atoms with Crippen molar-refractivity contribution >= 4 is 29.1 Å². The van der Waals surface area contributed by atoms with Gasteiger partial charge in [-0.05, 0) is 25.1 Å². The van der Waals surface area contributed by atoms with Crippen LogP contribution in [0.3, 0.4) is 0 Å². The van der Waals surface area contributed by atoms with Gasteiger partial charge in [0.15, 0.2) is 0 Å². The molecule has 2 aromatic heterocycles. The summed E-state index contributed by atoms with van der Waals surface area (Å²) >= 11 is 0. The van der Waals surface area contributed by atoms with Crippen LogP contribution in [0, 0.1) is 0 Å². The minimum absolute atomic E-state index is 0.0856. The van der Waals surface area contributed by atoms with Crippen LogP contribution < -0.4 is 15.5 Å². The molecule has 4 aromatic rings. The second-order valence-electron chi connectivity index (χ2n) is 8.84. The standard InChI is InChI=1S/C27H25N7O3/c1-17-16-34(14-15-36-17)24-20(11-7-13-28-24)26-32-33-27(37-26)31-23-25(35)29-21-12-6-5-10-19(21)22(30-23)18-8-3-2-4-9-18/h2-13,17,23H,14-16H2,1H3,(H,29,35)(H,31,33)/t17-,23?/m1/s1. The summed E-state index contributed by atoms with van der Waals surface area (Å²) in [6, 6.07) is 21.1. The number of carbonyl (C=O) groups excluding carboxylic acids is 1. The summed E-state index contributed by atoms with van der Waals surface area (Å²) in [5, 5.41) is 14.3. The van der Waals surface area contributed by atoms with Crippen molar-refractivity contribution in [2.45, 2.75) is 19.2 Å². The molecule has 186 valence electrons. The van der Waals surface area contributed by atoms with E-state index in [0.717, 1.165) is 16.9 Å². The predicted molar refractivity (Wildman–Crippen MR) is 140 cm³/mol. The number of anilines is 3. The topological polar surface area (TPSA) is 118 Å². The number of benzene rings is 2. The molecule has 0 aliphatic carbocycles. The fourth-order valence-electron chi connectivity index (χ4n) is 4.51. The molecule has 2 aromatic carbocycles. The van der Waals surface area contributed by atoms with Crippen LogP contribution in [0.4, 0.5) is 17.5 Å². The summed E-state index contributed by atoms with van der Waals surface area (Å²) < 4.78 is 11.6. The Morgan fingerprint density at radius 2 is 1.81 bits per heavy atom. The number of morpholine rings is 1. The van der Waals surface area contributed by atoms with Gasteiger partial charge < -0.3 is 24.7 Å². The number of nitrogens with zero attached hydrogens (tertiary/aromatic N) is 5. The van der Waals surface area contributed by atoms with E-state index in [1.54, 1.807) is 6.20 Å². The maximum Gasteiger partial charge on any atom is 0.317 e. The molecule has 1 saturated heterocycles. The highest BCUT2D eigenvalue weighted by atomic mass is 16.5. The number of ether oxygens (including phenoxy) is 1. The fourth-order valence-corrected chi connectivity index (χ4v) is 4.51. The molecular formula is C27H25N7O3. The molecule has 1 fully saturated rings. The smallest absolute Gasteiger partial charge is 0.317 e. The van der Waals surface area contributed by atoms with E-state index >= 15 is 0 Å². The minimum Gasteiger partial charge on any atom is -0.403 e. The molecule has 0 spiro atoms. The van der Waals surface area contributed by atoms with Crippen LogP contribution in [-0.2, 0) is 9.53 Å². The molecule has 1 unspecified atom stereocenters. The molecule has 10 heteroatoms. The van der Waals surface area contributed by atoms with E-state index in [1.807, 2.05) is 73.7 Å². The van der Waals surface area contributed by atoms with Gasteiger partial charge in [-0.2, -0.15) is 0 Å². The average molecular weight is 496 g/mol. The van der Waals surface area contributed by atoms with Crippen molar-refractivity contribution in [2.75, 3.05) is 35.2 Å². The van der Waals surface area contributed by atoms with Gasteiger partial charge in [-0.1, -0.05) is 53.6 Å². The van der Waals surface area contributed by atoms with Crippen LogP contribution in [0.15, 0.2) is 82.3 Å². The monoisotopic (exact) mass is 495 g/mol. The van der Waals surface area contributed by atoms with Crippen molar-refractivity contribution < 1.29 is 13.9 Å². The molecule has 2 N–H and O–H groups in total. The summed E-state index contributed by atoms with van der Waals surface area (Å²) in [7, 11) is 0. The number of para-hydroxylation sites is 1. The molecule has 37 heavy (non-hydrogen) atoms. The van der Waals surface area contributed by atoms with E-state index in [1.165, 1.54) is 0 Å². The Labute approximate surface area is 213 Å². The lowest BCUT2D eigenvalue weighted by molar-refractivity contribution is -0.116. The summed E-state index contributed by atoms with van der Waals surface area (Å²) in [5.41, 5.74) is 3.80. The largest absolute Gasteiger partial charge is 0.403 e. The van der Waals surface area contributed by atoms with Crippen LogP contribution in [0.5, 0.6) is 0 Å². The molecule has 2 aliphatic rings. The summed E-state index contributed by atoms with van der Waals surface area (Å²) in [5.74, 6) is 0.719. The zero-order valence-corrected chi connectivity index (χ0v) is 20.2. The van der Waals surface area contributed by atoms with Gasteiger partial charge in [-0.3, -0.25) is 4.79 Å². The Balaban J connectivity index is 1.31. The normalized spacial score (nSPS) is 19.4. The number of carbonyl (C=O) groups is 1. The molecule has 10 nitrogen and oxygen atoms in total. The first kappa shape index (κ1) is 22.9. The number of hydrogen-bond donors (Lipinski definition) is 2. The molecule has 1 amide bonds. The number of pyridine rings is 1. The van der Waals surface area contributed by atoms with Crippen molar-refractivity contribution in [1.82, 2.24) is 15.2 Å². The van der Waals surface area contributed by atoms with Gasteiger partial charge in [0.2, 0.25) is 6.17 Å². The van der Waals surface area contributed by atoms with Crippen LogP contribution in [0.2, 0.25) is 0 Å². The minimum atomic E-state index is -0.982. The molecule has 0 bridgehead atoms. The van der Waals surface area contributed by atoms with Gasteiger partial charge in [0.25, 0.3) is 11.8 Å². The van der Waals surface area contributed by atoms with E-state index in [2.05, 4.69) is 30.7 Å². The lowest BCUT2D eigenvalue weighted by Gasteiger charge is -2.32. The fraction of sp³-hybridized carbons (Fsp3) is 0.222. The van der Waals surface area contributed by atoms with Gasteiger partial charge in [-0.25, -0.2) is 9.98 Å². The Bertz CT molecular complexity index is 1450. The van der Waals surface area contributed by atoms with Gasteiger partial charge in [0.05, 0.1) is 29.7 Å². The van der Waals surface area contributed by atoms with E-state index < -0.39 is 6.17 Å². The summed E-state index contributed by atoms with van der Waals surface area (Å²) in [6.07, 6.45) is 0.851. The SMILES string of the molecule is C[C@@H]1CN(c2ncccc2-c2nnc(NC3N=C(c4ccccc4)c4ccccc4NC3=O)o2)CCO1. The third kappa shape index (κ3) is 4.66. The van der Waals surface area contributed by atoms with E-state index in [-0.39, 0.29) is 18.0 Å². The van der Waals surface area contributed by atoms with E-state index in [0.29, 0.717) is 42.5 Å². The average Bonchev–Trinajstić information content (AvgIpc) is 3.35. The summed E-state index contributed by atoms with van der Waals surface area (Å²) in [6.45, 7) is 4.08. The first-order valence-corrected chi connectivity index (χ1v) is 12.1. The highest BCUT2D eigenvalue weighted by Crippen LogP contribution is 2.30. The molecule has 4 heterocycles. The van der Waals surface area contributed by atoms with Crippen molar-refractivity contribution in [3.05, 3.63) is 84.1 Å². The zero-order chi connectivity index (χ0) is 25.2. The maximum atomic E-state index is 13.1. The zero-order valence-electron chi connectivity index (χ0n) is 20.2. The second kappa shape index (κ2) is 9.82. The number of benzodiazepines with no additional fused rings is 1. The number of rotatable bonds is 5. The van der Waals surface area contributed by atoms with Crippen LogP contribution in [0.1, 0.15) is 18.1 Å². The van der Waals surface area contributed by atoms with Gasteiger partial charge >= 0.3 is 6.01 Å². The van der Waals surface area contributed by atoms with E-state index in [4.69, 9.17) is 14.1 Å². The number of aliphatic imine (C=N–C) groups is 1. The lowest BCUT2D eigenvalue weighted by atomic mass is 10.0. The van der Waals surface area contributed by atoms with E-state index in [9.17, 15) is 4.79 Å². The highest BCUT2D eigenvalue weighted by molar-refractivity contribution is 6.19. The highest BCUT2D eigenvalue weighted by Gasteiger charge is 2.28. The Hall–Kier alpha value is -4.57. The number of amides is 1. The second-order valence-corrected chi connectivity index (χ2v) is 8.84. The van der Waals surface area contributed by atoms with Crippen molar-refractivity contribution in [2.24, 2.45) is 4.99 Å². The number of fused-ring (bicyclic) bond motifs is 1. The summed E-state index contributed by atoms with van der Waals surface area (Å²) in [4.78, 5) is 24.6. The third-order valence-electron chi connectivity index (χ3n) is 6.24. The van der Waals surface area contributed by atoms with Gasteiger partial charge in [0, 0.05) is 30.4 Å². The van der Waals surface area contributed by atoms with Crippen molar-refractivity contribution in [3.8, 4) is 11.5 Å². The Kier molecular flexibility index (Phi) is 6.07. The third-order valence-corrected chi connectivity index (χ3v) is 6.24. The quantitative estimate of drug-likeness (QED) is 0.431. The first-order chi connectivity index (χ1) is 18.2. The van der Waals surface area contributed by atoms with Gasteiger partial charge in [0.1, 0.15) is 5.82 Å². The van der Waals surface area contributed by atoms with Crippen molar-refractivity contribution in [3.63, 3.8) is 0 Å². The molecule has 6 rings (SSSR count). The molecular weight excluding hydrogens is 470 g/mol. The van der Waals surface area contributed by atoms with Crippen LogP contribution in [-0.4, -0.2) is 58.8 Å². The molecule has 2 atom stereocenters. The molecule has 0 saturated carbocycles.